The Kier molecular flexibility index (Phi) is 4.59. The van der Waals surface area contributed by atoms with Crippen LogP contribution in [0.4, 0.5) is 0 Å². The van der Waals surface area contributed by atoms with Gasteiger partial charge in [0, 0.05) is 0 Å². The predicted molar refractivity (Wildman–Crippen MR) is 102 cm³/mol. The lowest BCUT2D eigenvalue weighted by molar-refractivity contribution is 0.00302. The number of hydrogen-bond acceptors (Lipinski definition) is 4. The van der Waals surface area contributed by atoms with Crippen molar-refractivity contribution in [2.24, 2.45) is 0 Å². The monoisotopic (exact) mass is 348 g/mol. The van der Waals surface area contributed by atoms with Crippen LogP contribution >= 0.6 is 0 Å². The van der Waals surface area contributed by atoms with Gasteiger partial charge < -0.3 is 18.6 Å². The average Bonchev–Trinajstić information content (AvgIpc) is 3.29. The van der Waals surface area contributed by atoms with Crippen molar-refractivity contribution in [1.29, 1.82) is 0 Å². The molecule has 2 saturated heterocycles. The van der Waals surface area contributed by atoms with Crippen LogP contribution < -0.4 is 10.9 Å². The highest BCUT2D eigenvalue weighted by molar-refractivity contribution is 6.62. The lowest BCUT2D eigenvalue weighted by Crippen LogP contribution is -2.43. The second-order valence-electron chi connectivity index (χ2n) is 7.32. The van der Waals surface area contributed by atoms with Crippen molar-refractivity contribution in [3.05, 3.63) is 60.7 Å². The van der Waals surface area contributed by atoms with Crippen LogP contribution in [0, 0.1) is 0 Å². The fraction of sp³-hybridized carbons (Fsp3) is 0.400. The highest BCUT2D eigenvalue weighted by Gasteiger charge is 2.52. The first-order valence-electron chi connectivity index (χ1n) is 9.60. The van der Waals surface area contributed by atoms with Crippen molar-refractivity contribution in [2.75, 3.05) is 0 Å². The highest BCUT2D eigenvalue weighted by Crippen LogP contribution is 2.35. The molecule has 0 N–H and O–H groups in total. The average molecular weight is 348 g/mol. The van der Waals surface area contributed by atoms with E-state index in [0.29, 0.717) is 0 Å². The minimum absolute atomic E-state index is 0.0612. The maximum Gasteiger partial charge on any atom is 0.494 e. The van der Waals surface area contributed by atoms with Gasteiger partial charge in [0.1, 0.15) is 0 Å². The summed E-state index contributed by atoms with van der Waals surface area (Å²) in [7, 11) is -0.631. The minimum atomic E-state index is -0.315. The summed E-state index contributed by atoms with van der Waals surface area (Å²) in [4.78, 5) is 0. The Labute approximate surface area is 155 Å². The van der Waals surface area contributed by atoms with Crippen LogP contribution in [0.25, 0.3) is 0 Å². The van der Waals surface area contributed by atoms with Crippen LogP contribution in [-0.2, 0) is 18.6 Å². The lowest BCUT2D eigenvalue weighted by atomic mass is 9.79. The number of benzene rings is 2. The van der Waals surface area contributed by atoms with Crippen LogP contribution in [-0.4, -0.2) is 38.7 Å². The molecule has 0 bridgehead atoms. The molecule has 2 aromatic carbocycles. The van der Waals surface area contributed by atoms with E-state index in [1.165, 1.54) is 0 Å². The van der Waals surface area contributed by atoms with Gasteiger partial charge in [-0.2, -0.15) is 0 Å². The van der Waals surface area contributed by atoms with Gasteiger partial charge in [-0.05, 0) is 23.8 Å². The quantitative estimate of drug-likeness (QED) is 0.778. The van der Waals surface area contributed by atoms with Crippen molar-refractivity contribution in [3.8, 4) is 0 Å². The highest BCUT2D eigenvalue weighted by atomic mass is 16.7. The van der Waals surface area contributed by atoms with E-state index in [1.54, 1.807) is 0 Å². The SMILES string of the molecule is c1ccc(B2O[C@@H]3[C@H]4OB(c5ccccc5)O[C@H]4CCCC[C@@H]3O2)cc1. The summed E-state index contributed by atoms with van der Waals surface area (Å²) >= 11 is 0. The largest absolute Gasteiger partial charge is 0.494 e. The summed E-state index contributed by atoms with van der Waals surface area (Å²) in [5.74, 6) is 0. The van der Waals surface area contributed by atoms with E-state index in [2.05, 4.69) is 24.3 Å². The van der Waals surface area contributed by atoms with Crippen molar-refractivity contribution in [3.63, 3.8) is 0 Å². The predicted octanol–water partition coefficient (Wildman–Crippen LogP) is 1.92. The van der Waals surface area contributed by atoms with E-state index in [4.69, 9.17) is 18.6 Å². The number of hydrogen-bond donors (Lipinski definition) is 0. The summed E-state index contributed by atoms with van der Waals surface area (Å²) in [6.07, 6.45) is 4.24. The Morgan fingerprint density at radius 3 is 1.42 bits per heavy atom. The molecule has 26 heavy (non-hydrogen) atoms. The lowest BCUT2D eigenvalue weighted by Gasteiger charge is -2.30. The summed E-state index contributed by atoms with van der Waals surface area (Å²) in [6, 6.07) is 20.3. The van der Waals surface area contributed by atoms with Crippen molar-refractivity contribution in [1.82, 2.24) is 0 Å². The first-order chi connectivity index (χ1) is 12.9. The Balaban J connectivity index is 1.38. The molecule has 5 rings (SSSR count). The van der Waals surface area contributed by atoms with Crippen LogP contribution in [0.15, 0.2) is 60.7 Å². The van der Waals surface area contributed by atoms with Crippen LogP contribution in [0.3, 0.4) is 0 Å². The van der Waals surface area contributed by atoms with Gasteiger partial charge in [-0.3, -0.25) is 0 Å². The maximum atomic E-state index is 6.36. The molecule has 1 saturated carbocycles. The Morgan fingerprint density at radius 1 is 0.577 bits per heavy atom. The number of rotatable bonds is 2. The Hall–Kier alpha value is -1.59. The molecule has 6 heteroatoms. The summed E-state index contributed by atoms with van der Waals surface area (Å²) in [5, 5.41) is 0. The number of fused-ring (bicyclic) bond motifs is 3. The summed E-state index contributed by atoms with van der Waals surface area (Å²) < 4.78 is 25.3. The van der Waals surface area contributed by atoms with Gasteiger partial charge in [-0.15, -0.1) is 0 Å². The van der Waals surface area contributed by atoms with Gasteiger partial charge in [0.15, 0.2) is 0 Å². The van der Waals surface area contributed by atoms with E-state index in [-0.39, 0.29) is 38.7 Å². The zero-order valence-electron chi connectivity index (χ0n) is 14.7. The van der Waals surface area contributed by atoms with Crippen molar-refractivity contribution < 1.29 is 18.6 Å². The van der Waals surface area contributed by atoms with E-state index in [0.717, 1.165) is 36.6 Å². The molecule has 2 aliphatic heterocycles. The zero-order valence-corrected chi connectivity index (χ0v) is 14.7. The van der Waals surface area contributed by atoms with Crippen LogP contribution in [0.1, 0.15) is 25.7 Å². The normalized spacial score (nSPS) is 31.2. The third kappa shape index (κ3) is 3.12. The maximum absolute atomic E-state index is 6.36. The molecule has 2 aromatic rings. The van der Waals surface area contributed by atoms with Crippen LogP contribution in [0.5, 0.6) is 0 Å². The van der Waals surface area contributed by atoms with Crippen molar-refractivity contribution in [2.45, 2.75) is 50.1 Å². The molecule has 132 valence electrons. The van der Waals surface area contributed by atoms with Crippen LogP contribution in [0.2, 0.25) is 0 Å². The zero-order chi connectivity index (χ0) is 17.3. The van der Waals surface area contributed by atoms with Gasteiger partial charge in [0.05, 0.1) is 24.4 Å². The molecule has 0 unspecified atom stereocenters. The molecule has 0 radical (unpaired) electrons. The molecule has 3 aliphatic rings. The third-order valence-corrected chi connectivity index (χ3v) is 5.59. The van der Waals surface area contributed by atoms with E-state index < -0.39 is 0 Å². The molecule has 0 spiro atoms. The Morgan fingerprint density at radius 2 is 1.00 bits per heavy atom. The first kappa shape index (κ1) is 16.6. The molecule has 4 atom stereocenters. The minimum Gasteiger partial charge on any atom is -0.402 e. The first-order valence-corrected chi connectivity index (χ1v) is 9.60. The van der Waals surface area contributed by atoms with Gasteiger partial charge in [0.2, 0.25) is 0 Å². The van der Waals surface area contributed by atoms with E-state index in [9.17, 15) is 0 Å². The molecule has 4 nitrogen and oxygen atoms in total. The standard InChI is InChI=1S/C20H22B2O4/c1-3-9-15(10-4-1)21-23-17-13-7-8-14-18-20(19(17)25-21)26-22(24-18)16-11-5-2-6-12-16/h1-6,9-12,17-20H,7-8,13-14H2/t17-,18-,19-,20-/m0/s1. The molecule has 0 amide bonds. The fourth-order valence-corrected chi connectivity index (χ4v) is 4.27. The van der Waals surface area contributed by atoms with E-state index in [1.807, 2.05) is 36.4 Å². The third-order valence-electron chi connectivity index (χ3n) is 5.59. The van der Waals surface area contributed by atoms with Gasteiger partial charge in [0.25, 0.3) is 0 Å². The molecular formula is C20H22B2O4. The van der Waals surface area contributed by atoms with E-state index >= 15 is 0 Å². The fourth-order valence-electron chi connectivity index (χ4n) is 4.27. The molecule has 0 aromatic heterocycles. The molecule has 3 fully saturated rings. The Bertz CT molecular complexity index is 666. The second-order valence-corrected chi connectivity index (χ2v) is 7.32. The van der Waals surface area contributed by atoms with Crippen molar-refractivity contribution >= 4 is 25.2 Å². The molecule has 2 heterocycles. The summed E-state index contributed by atoms with van der Waals surface area (Å²) in [5.41, 5.74) is 2.13. The van der Waals surface area contributed by atoms with Gasteiger partial charge in [-0.1, -0.05) is 73.5 Å². The topological polar surface area (TPSA) is 36.9 Å². The second kappa shape index (κ2) is 7.20. The molecule has 1 aliphatic carbocycles. The summed E-state index contributed by atoms with van der Waals surface area (Å²) in [6.45, 7) is 0. The smallest absolute Gasteiger partial charge is 0.402 e. The molecular weight excluding hydrogens is 326 g/mol. The van der Waals surface area contributed by atoms with Gasteiger partial charge >= 0.3 is 14.2 Å². The van der Waals surface area contributed by atoms with Gasteiger partial charge in [-0.25, -0.2) is 0 Å².